The average molecular weight is 450 g/mol. The predicted molar refractivity (Wildman–Crippen MR) is 128 cm³/mol. The molecule has 0 aliphatic carbocycles. The molecule has 0 atom stereocenters. The van der Waals surface area contributed by atoms with Gasteiger partial charge in [0.15, 0.2) is 0 Å². The van der Waals surface area contributed by atoms with E-state index >= 15 is 0 Å². The predicted octanol–water partition coefficient (Wildman–Crippen LogP) is 4.67. The van der Waals surface area contributed by atoms with E-state index in [9.17, 15) is 9.59 Å². The molecule has 1 N–H and O–H groups in total. The van der Waals surface area contributed by atoms with Gasteiger partial charge in [0.2, 0.25) is 0 Å². The maximum atomic E-state index is 13.0. The van der Waals surface area contributed by atoms with Crippen LogP contribution in [0.3, 0.4) is 0 Å². The topological polar surface area (TPSA) is 66.8 Å². The van der Waals surface area contributed by atoms with Gasteiger partial charge in [0, 0.05) is 24.0 Å². The lowest BCUT2D eigenvalue weighted by atomic mass is 9.87. The number of anilines is 1. The summed E-state index contributed by atoms with van der Waals surface area (Å²) in [5, 5.41) is 6.82. The van der Waals surface area contributed by atoms with Crippen molar-refractivity contribution in [2.45, 2.75) is 42.5 Å². The number of likely N-dealkylation sites (tertiary alicyclic amines) is 2. The zero-order valence-corrected chi connectivity index (χ0v) is 19.2. The highest BCUT2D eigenvalue weighted by Gasteiger charge is 2.31. The van der Waals surface area contributed by atoms with Crippen LogP contribution in [0.5, 0.6) is 0 Å². The van der Waals surface area contributed by atoms with Crippen LogP contribution in [0.4, 0.5) is 16.2 Å². The van der Waals surface area contributed by atoms with Crippen LogP contribution in [-0.4, -0.2) is 60.2 Å². The zero-order chi connectivity index (χ0) is 22.1. The number of nitrogens with one attached hydrogen (secondary N) is 1. The fraction of sp³-hybridized carbons (Fsp3) is 0.440. The third kappa shape index (κ3) is 4.24. The second-order valence-corrected chi connectivity index (χ2v) is 9.70. The number of carbonyl (C=O) groups excluding carboxylic acids is 2. The quantitative estimate of drug-likeness (QED) is 0.689. The van der Waals surface area contributed by atoms with Crippen molar-refractivity contribution in [2.24, 2.45) is 0 Å². The number of hydrogen-bond acceptors (Lipinski definition) is 4. The molecule has 2 aromatic rings. The SMILES string of the molecule is CSc1ccccc1C(=O)N1CCC(N2CCC(c3ccc4c(c3)[N]C(=O)N4)CC2)CC1. The third-order valence-electron chi connectivity index (χ3n) is 7.09. The van der Waals surface area contributed by atoms with E-state index < -0.39 is 0 Å². The fourth-order valence-electron chi connectivity index (χ4n) is 5.28. The van der Waals surface area contributed by atoms with Crippen molar-refractivity contribution in [3.63, 3.8) is 0 Å². The lowest BCUT2D eigenvalue weighted by molar-refractivity contribution is 0.0575. The van der Waals surface area contributed by atoms with Gasteiger partial charge in [-0.3, -0.25) is 4.79 Å². The van der Waals surface area contributed by atoms with Crippen molar-refractivity contribution in [1.29, 1.82) is 0 Å². The summed E-state index contributed by atoms with van der Waals surface area (Å²) in [6, 6.07) is 14.4. The summed E-state index contributed by atoms with van der Waals surface area (Å²) >= 11 is 1.63. The molecule has 167 valence electrons. The standard InChI is InChI=1S/C25H29N4O2S/c1-32-23-5-3-2-4-20(23)24(30)29-14-10-19(11-15-29)28-12-8-17(9-13-28)18-6-7-21-22(16-18)27-25(31)26-21/h2-7,16-17,19H,8-15H2,1H3,(H,26,31). The molecule has 5 rings (SSSR count). The number of thioether (sulfide) groups is 1. The largest absolute Gasteiger partial charge is 0.346 e. The molecule has 2 aromatic carbocycles. The molecule has 0 bridgehead atoms. The van der Waals surface area contributed by atoms with Gasteiger partial charge >= 0.3 is 6.03 Å². The van der Waals surface area contributed by atoms with Crippen molar-refractivity contribution in [2.75, 3.05) is 37.8 Å². The van der Waals surface area contributed by atoms with E-state index in [0.717, 1.165) is 73.7 Å². The van der Waals surface area contributed by atoms with Crippen LogP contribution in [0.25, 0.3) is 0 Å². The molecule has 0 spiro atoms. The summed E-state index contributed by atoms with van der Waals surface area (Å²) in [7, 11) is 0. The number of rotatable bonds is 4. The van der Waals surface area contributed by atoms with Crippen LogP contribution in [0.1, 0.15) is 47.5 Å². The van der Waals surface area contributed by atoms with E-state index in [-0.39, 0.29) is 11.9 Å². The van der Waals surface area contributed by atoms with Gasteiger partial charge < -0.3 is 15.1 Å². The van der Waals surface area contributed by atoms with E-state index in [0.29, 0.717) is 12.0 Å². The van der Waals surface area contributed by atoms with Crippen molar-refractivity contribution in [3.05, 3.63) is 53.6 Å². The molecule has 2 fully saturated rings. The van der Waals surface area contributed by atoms with Gasteiger partial charge in [0.05, 0.1) is 16.9 Å². The number of piperidine rings is 2. The molecule has 6 nitrogen and oxygen atoms in total. The molecule has 2 saturated heterocycles. The van der Waals surface area contributed by atoms with Crippen LogP contribution in [0, 0.1) is 0 Å². The Morgan fingerprint density at radius 3 is 2.53 bits per heavy atom. The molecular formula is C25H29N4O2S. The van der Waals surface area contributed by atoms with Gasteiger partial charge in [-0.05, 0) is 80.8 Å². The highest BCUT2D eigenvalue weighted by molar-refractivity contribution is 7.98. The lowest BCUT2D eigenvalue weighted by Crippen LogP contribution is -2.48. The first-order valence-electron chi connectivity index (χ1n) is 11.5. The van der Waals surface area contributed by atoms with Crippen LogP contribution < -0.4 is 10.6 Å². The maximum Gasteiger partial charge on any atom is 0.346 e. The summed E-state index contributed by atoms with van der Waals surface area (Å²) in [4.78, 5) is 30.2. The molecule has 1 radical (unpaired) electrons. The highest BCUT2D eigenvalue weighted by Crippen LogP contribution is 2.36. The summed E-state index contributed by atoms with van der Waals surface area (Å²) < 4.78 is 0. The van der Waals surface area contributed by atoms with Crippen molar-refractivity contribution in [1.82, 2.24) is 15.1 Å². The van der Waals surface area contributed by atoms with Gasteiger partial charge in [-0.2, -0.15) is 5.32 Å². The summed E-state index contributed by atoms with van der Waals surface area (Å²) in [5.41, 5.74) is 3.71. The minimum Gasteiger partial charge on any atom is -0.338 e. The average Bonchev–Trinajstić information content (AvgIpc) is 3.23. The number of fused-ring (bicyclic) bond motifs is 1. The smallest absolute Gasteiger partial charge is 0.338 e. The first kappa shape index (κ1) is 21.3. The van der Waals surface area contributed by atoms with Crippen LogP contribution >= 0.6 is 11.8 Å². The number of benzene rings is 2. The fourth-order valence-corrected chi connectivity index (χ4v) is 5.87. The van der Waals surface area contributed by atoms with E-state index in [1.54, 1.807) is 11.8 Å². The number of nitrogens with zero attached hydrogens (tertiary/aromatic N) is 3. The third-order valence-corrected chi connectivity index (χ3v) is 7.89. The minimum absolute atomic E-state index is 0.169. The molecule has 3 aliphatic heterocycles. The molecule has 32 heavy (non-hydrogen) atoms. The Morgan fingerprint density at radius 1 is 1.03 bits per heavy atom. The van der Waals surface area contributed by atoms with E-state index in [1.807, 2.05) is 41.5 Å². The Bertz CT molecular complexity index is 1010. The van der Waals surface area contributed by atoms with Crippen LogP contribution in [-0.2, 0) is 0 Å². The summed E-state index contributed by atoms with van der Waals surface area (Å²) in [6.07, 6.45) is 6.36. The molecule has 3 aliphatic rings. The van der Waals surface area contributed by atoms with E-state index in [1.165, 1.54) is 5.56 Å². The Kier molecular flexibility index (Phi) is 6.11. The second kappa shape index (κ2) is 9.16. The van der Waals surface area contributed by atoms with Crippen molar-refractivity contribution < 1.29 is 9.59 Å². The Balaban J connectivity index is 1.14. The molecule has 3 heterocycles. The van der Waals surface area contributed by atoms with Gasteiger partial charge in [-0.1, -0.05) is 18.2 Å². The van der Waals surface area contributed by atoms with E-state index in [2.05, 4.69) is 27.7 Å². The lowest BCUT2D eigenvalue weighted by Gasteiger charge is -2.42. The van der Waals surface area contributed by atoms with Crippen molar-refractivity contribution in [3.8, 4) is 0 Å². The molecule has 0 saturated carbocycles. The first-order valence-corrected chi connectivity index (χ1v) is 12.7. The Labute approximate surface area is 193 Å². The molecule has 7 heteroatoms. The molecule has 3 amide bonds. The second-order valence-electron chi connectivity index (χ2n) is 8.85. The number of urea groups is 1. The summed E-state index contributed by atoms with van der Waals surface area (Å²) in [6.45, 7) is 3.84. The highest BCUT2D eigenvalue weighted by atomic mass is 32.2. The van der Waals surface area contributed by atoms with Crippen LogP contribution in [0.15, 0.2) is 47.4 Å². The first-order chi connectivity index (χ1) is 15.6. The molecule has 0 unspecified atom stereocenters. The Morgan fingerprint density at radius 2 is 1.78 bits per heavy atom. The monoisotopic (exact) mass is 449 g/mol. The van der Waals surface area contributed by atoms with Crippen LogP contribution in [0.2, 0.25) is 0 Å². The van der Waals surface area contributed by atoms with Gasteiger partial charge in [-0.15, -0.1) is 11.8 Å². The van der Waals surface area contributed by atoms with Gasteiger partial charge in [-0.25, -0.2) is 4.79 Å². The molecule has 0 aromatic heterocycles. The number of carbonyl (C=O) groups is 2. The Hall–Kier alpha value is -2.51. The van der Waals surface area contributed by atoms with Crippen molar-refractivity contribution >= 4 is 35.1 Å². The normalized spacial score (nSPS) is 20.0. The van der Waals surface area contributed by atoms with E-state index in [4.69, 9.17) is 0 Å². The zero-order valence-electron chi connectivity index (χ0n) is 18.4. The number of hydrogen-bond donors (Lipinski definition) is 1. The van der Waals surface area contributed by atoms with Gasteiger partial charge in [0.25, 0.3) is 5.91 Å². The summed E-state index contributed by atoms with van der Waals surface area (Å²) in [5.74, 6) is 0.689. The number of amides is 3. The molecular weight excluding hydrogens is 420 g/mol. The maximum absolute atomic E-state index is 13.0. The minimum atomic E-state index is -0.270. The van der Waals surface area contributed by atoms with Gasteiger partial charge in [0.1, 0.15) is 0 Å².